The smallest absolute Gasteiger partial charge is 0.407 e. The van der Waals surface area contributed by atoms with E-state index in [1.807, 2.05) is 0 Å². The number of benzene rings is 1. The van der Waals surface area contributed by atoms with Gasteiger partial charge in [0.1, 0.15) is 11.6 Å². The van der Waals surface area contributed by atoms with Gasteiger partial charge in [-0.05, 0) is 37.1 Å². The lowest BCUT2D eigenvalue weighted by molar-refractivity contribution is 0.142. The average Bonchev–Trinajstić information content (AvgIpc) is 3.50. The number of likely N-dealkylation sites (tertiary alicyclic amines) is 1. The highest BCUT2D eigenvalue weighted by Gasteiger charge is 2.23. The van der Waals surface area contributed by atoms with Crippen LogP contribution in [0.4, 0.5) is 25.5 Å². The largest absolute Gasteiger partial charge is 0.465 e. The zero-order chi connectivity index (χ0) is 22.9. The summed E-state index contributed by atoms with van der Waals surface area (Å²) in [5.41, 5.74) is 1.19. The summed E-state index contributed by atoms with van der Waals surface area (Å²) in [7, 11) is 0. The van der Waals surface area contributed by atoms with E-state index < -0.39 is 11.9 Å². The van der Waals surface area contributed by atoms with Gasteiger partial charge in [0.2, 0.25) is 5.78 Å². The number of hydrogen-bond donors (Lipinski definition) is 2. The Morgan fingerprint density at radius 3 is 2.48 bits per heavy atom. The summed E-state index contributed by atoms with van der Waals surface area (Å²) < 4.78 is 16.4. The number of urea groups is 1. The van der Waals surface area contributed by atoms with Crippen LogP contribution < -0.4 is 10.2 Å². The SMILES string of the molecule is O=C(O)N1CCN(c2cnc3nc(-c4cc(NC(=O)N5CCCC5)ccc4F)ccn23)CC1. The fraction of sp³-hybridized carbons (Fsp3) is 0.364. The van der Waals surface area contributed by atoms with Crippen molar-refractivity contribution in [3.8, 4) is 11.3 Å². The summed E-state index contributed by atoms with van der Waals surface area (Å²) in [4.78, 5) is 37.6. The third kappa shape index (κ3) is 4.13. The number of nitrogens with zero attached hydrogens (tertiary/aromatic N) is 6. The number of halogens is 1. The van der Waals surface area contributed by atoms with Crippen molar-refractivity contribution < 1.29 is 19.1 Å². The van der Waals surface area contributed by atoms with Crippen molar-refractivity contribution in [1.82, 2.24) is 24.2 Å². The predicted molar refractivity (Wildman–Crippen MR) is 120 cm³/mol. The first-order valence-electron chi connectivity index (χ1n) is 10.9. The maximum Gasteiger partial charge on any atom is 0.407 e. The second kappa shape index (κ2) is 8.57. The summed E-state index contributed by atoms with van der Waals surface area (Å²) in [5.74, 6) is 0.776. The lowest BCUT2D eigenvalue weighted by Gasteiger charge is -2.33. The number of nitrogens with one attached hydrogen (secondary N) is 1. The molecule has 10 nitrogen and oxygen atoms in total. The molecular weight excluding hydrogens is 429 g/mol. The molecule has 3 aromatic rings. The topological polar surface area (TPSA) is 106 Å². The first kappa shape index (κ1) is 21.0. The molecule has 0 saturated carbocycles. The van der Waals surface area contributed by atoms with E-state index in [1.54, 1.807) is 33.8 Å². The molecule has 33 heavy (non-hydrogen) atoms. The molecule has 172 valence electrons. The first-order chi connectivity index (χ1) is 16.0. The Labute approximate surface area is 189 Å². The zero-order valence-electron chi connectivity index (χ0n) is 17.9. The molecule has 4 heterocycles. The lowest BCUT2D eigenvalue weighted by atomic mass is 10.1. The highest BCUT2D eigenvalue weighted by molar-refractivity contribution is 5.90. The number of hydrogen-bond acceptors (Lipinski definition) is 5. The molecule has 0 bridgehead atoms. The van der Waals surface area contributed by atoms with Gasteiger partial charge in [0.15, 0.2) is 0 Å². The third-order valence-corrected chi connectivity index (χ3v) is 6.12. The van der Waals surface area contributed by atoms with E-state index >= 15 is 0 Å². The fourth-order valence-corrected chi connectivity index (χ4v) is 4.29. The molecule has 0 atom stereocenters. The predicted octanol–water partition coefficient (Wildman–Crippen LogP) is 2.96. The molecule has 5 rings (SSSR count). The van der Waals surface area contributed by atoms with Crippen LogP contribution in [0.5, 0.6) is 0 Å². The van der Waals surface area contributed by atoms with Gasteiger partial charge in [0.05, 0.1) is 11.9 Å². The van der Waals surface area contributed by atoms with Crippen molar-refractivity contribution in [3.63, 3.8) is 0 Å². The van der Waals surface area contributed by atoms with Gasteiger partial charge in [-0.15, -0.1) is 0 Å². The Morgan fingerprint density at radius 1 is 1.00 bits per heavy atom. The minimum Gasteiger partial charge on any atom is -0.465 e. The summed E-state index contributed by atoms with van der Waals surface area (Å²) in [5, 5.41) is 12.0. The van der Waals surface area contributed by atoms with E-state index in [1.165, 1.54) is 17.0 Å². The van der Waals surface area contributed by atoms with Crippen molar-refractivity contribution in [2.45, 2.75) is 12.8 Å². The third-order valence-electron chi connectivity index (χ3n) is 6.12. The van der Waals surface area contributed by atoms with Crippen molar-refractivity contribution in [3.05, 3.63) is 42.5 Å². The summed E-state index contributed by atoms with van der Waals surface area (Å²) in [6.45, 7) is 3.38. The average molecular weight is 453 g/mol. The van der Waals surface area contributed by atoms with Crippen LogP contribution in [-0.2, 0) is 0 Å². The van der Waals surface area contributed by atoms with Gasteiger partial charge in [0.25, 0.3) is 0 Å². The Bertz CT molecular complexity index is 1200. The standard InChI is InChI=1S/C22H24FN7O3/c23-17-4-3-15(25-21(31)28-6-1-2-7-28)13-16(17)18-5-8-30-19(14-24-20(30)26-18)27-9-11-29(12-10-27)22(32)33/h3-5,8,13-14H,1-2,6-7,9-12H2,(H,25,31)(H,32,33). The monoisotopic (exact) mass is 453 g/mol. The quantitative estimate of drug-likeness (QED) is 0.632. The first-order valence-corrected chi connectivity index (χ1v) is 10.9. The van der Waals surface area contributed by atoms with Gasteiger partial charge in [-0.25, -0.2) is 23.9 Å². The lowest BCUT2D eigenvalue weighted by Crippen LogP contribution is -2.48. The van der Waals surface area contributed by atoms with E-state index in [9.17, 15) is 14.0 Å². The minimum absolute atomic E-state index is 0.186. The van der Waals surface area contributed by atoms with Gasteiger partial charge in [-0.3, -0.25) is 4.40 Å². The Hall–Kier alpha value is -3.89. The highest BCUT2D eigenvalue weighted by Crippen LogP contribution is 2.27. The molecule has 2 aliphatic heterocycles. The second-order valence-corrected chi connectivity index (χ2v) is 8.17. The molecule has 0 spiro atoms. The molecule has 0 unspecified atom stereocenters. The summed E-state index contributed by atoms with van der Waals surface area (Å²) in [6, 6.07) is 5.96. The maximum absolute atomic E-state index is 14.6. The van der Waals surface area contributed by atoms with Gasteiger partial charge in [-0.1, -0.05) is 0 Å². The van der Waals surface area contributed by atoms with E-state index in [0.717, 1.165) is 31.7 Å². The number of piperazine rings is 1. The molecule has 2 fully saturated rings. The van der Waals surface area contributed by atoms with Crippen LogP contribution in [0.1, 0.15) is 12.8 Å². The number of carbonyl (C=O) groups excluding carboxylic acids is 1. The summed E-state index contributed by atoms with van der Waals surface area (Å²) in [6.07, 6.45) is 4.53. The normalized spacial score (nSPS) is 16.5. The highest BCUT2D eigenvalue weighted by atomic mass is 19.1. The van der Waals surface area contributed by atoms with Gasteiger partial charge < -0.3 is 25.1 Å². The van der Waals surface area contributed by atoms with Crippen LogP contribution in [0, 0.1) is 5.82 Å². The van der Waals surface area contributed by atoms with Gasteiger partial charge >= 0.3 is 12.1 Å². The van der Waals surface area contributed by atoms with Crippen LogP contribution in [-0.4, -0.2) is 80.7 Å². The van der Waals surface area contributed by atoms with Crippen molar-refractivity contribution >= 4 is 29.4 Å². The Balaban J connectivity index is 1.37. The fourth-order valence-electron chi connectivity index (χ4n) is 4.29. The second-order valence-electron chi connectivity index (χ2n) is 8.17. The minimum atomic E-state index is -0.917. The van der Waals surface area contributed by atoms with E-state index in [2.05, 4.69) is 20.2 Å². The number of fused-ring (bicyclic) bond motifs is 1. The molecule has 2 saturated heterocycles. The number of amides is 3. The number of imidazole rings is 1. The van der Waals surface area contributed by atoms with Crippen LogP contribution in [0.15, 0.2) is 36.7 Å². The van der Waals surface area contributed by atoms with Crippen molar-refractivity contribution in [2.24, 2.45) is 0 Å². The molecule has 2 aromatic heterocycles. The van der Waals surface area contributed by atoms with E-state index in [0.29, 0.717) is 43.3 Å². The number of carbonyl (C=O) groups is 2. The van der Waals surface area contributed by atoms with Crippen LogP contribution in [0.2, 0.25) is 0 Å². The molecule has 0 radical (unpaired) electrons. The molecule has 0 aliphatic carbocycles. The zero-order valence-corrected chi connectivity index (χ0v) is 17.9. The molecule has 1 aromatic carbocycles. The number of rotatable bonds is 3. The van der Waals surface area contributed by atoms with Crippen LogP contribution in [0.25, 0.3) is 17.0 Å². The van der Waals surface area contributed by atoms with Crippen LogP contribution >= 0.6 is 0 Å². The van der Waals surface area contributed by atoms with Gasteiger partial charge in [0, 0.05) is 56.7 Å². The number of carboxylic acid groups (broad SMARTS) is 1. The summed E-state index contributed by atoms with van der Waals surface area (Å²) >= 11 is 0. The molecule has 2 N–H and O–H groups in total. The maximum atomic E-state index is 14.6. The van der Waals surface area contributed by atoms with Crippen LogP contribution in [0.3, 0.4) is 0 Å². The molecule has 11 heteroatoms. The Kier molecular flexibility index (Phi) is 5.45. The van der Waals surface area contributed by atoms with Gasteiger partial charge in [-0.2, -0.15) is 0 Å². The van der Waals surface area contributed by atoms with Crippen molar-refractivity contribution in [1.29, 1.82) is 0 Å². The molecule has 2 aliphatic rings. The van der Waals surface area contributed by atoms with Crippen molar-refractivity contribution in [2.75, 3.05) is 49.5 Å². The Morgan fingerprint density at radius 2 is 1.76 bits per heavy atom. The number of aromatic nitrogens is 3. The molecule has 3 amide bonds. The van der Waals surface area contributed by atoms with E-state index in [4.69, 9.17) is 5.11 Å². The number of anilines is 2. The van der Waals surface area contributed by atoms with E-state index in [-0.39, 0.29) is 11.6 Å². The molecular formula is C22H24FN7O3.